The quantitative estimate of drug-likeness (QED) is 0.159. The van der Waals surface area contributed by atoms with E-state index in [1.165, 1.54) is 60.9 Å². The van der Waals surface area contributed by atoms with Crippen LogP contribution in [0.5, 0.6) is 0 Å². The van der Waals surface area contributed by atoms with Gasteiger partial charge in [0.25, 0.3) is 0 Å². The highest BCUT2D eigenvalue weighted by Crippen LogP contribution is 2.46. The Morgan fingerprint density at radius 1 is 0.435 bits per heavy atom. The Hall–Kier alpha value is -8.14. The summed E-state index contributed by atoms with van der Waals surface area (Å²) in [5.74, 6) is 0. The van der Waals surface area contributed by atoms with Gasteiger partial charge in [-0.3, -0.25) is 0 Å². The lowest BCUT2D eigenvalue weighted by molar-refractivity contribution is 0.670. The molecule has 3 nitrogen and oxygen atoms in total. The van der Waals surface area contributed by atoms with E-state index >= 15 is 0 Å². The summed E-state index contributed by atoms with van der Waals surface area (Å²) in [6, 6.07) is 77.9. The molecule has 0 aliphatic heterocycles. The lowest BCUT2D eigenvalue weighted by Crippen LogP contribution is -2.17. The summed E-state index contributed by atoms with van der Waals surface area (Å²) < 4.78 is 9.23. The lowest BCUT2D eigenvalue weighted by Gasteiger charge is -2.30. The highest BCUT2D eigenvalue weighted by Gasteiger charge is 2.23. The number of aryl methyl sites for hydroxylation is 2. The fraction of sp³-hybridized carbons (Fsp3) is 0.121. The summed E-state index contributed by atoms with van der Waals surface area (Å²) in [5.41, 5.74) is 18.8. The van der Waals surface area contributed by atoms with Crippen LogP contribution in [-0.4, -0.2) is 4.57 Å². The zero-order valence-corrected chi connectivity index (χ0v) is 40.7. The molecule has 2 heterocycles. The van der Waals surface area contributed by atoms with Gasteiger partial charge in [0.2, 0.25) is 0 Å². The van der Waals surface area contributed by atoms with Crippen molar-refractivity contribution in [2.75, 3.05) is 4.90 Å². The van der Waals surface area contributed by atoms with E-state index in [1.807, 2.05) is 27.7 Å². The number of furan rings is 1. The number of hydrogen-bond donors (Lipinski definition) is 0. The zero-order valence-electron chi connectivity index (χ0n) is 40.7. The molecule has 0 spiro atoms. The fourth-order valence-electron chi connectivity index (χ4n) is 9.47. The van der Waals surface area contributed by atoms with Crippen molar-refractivity contribution in [1.82, 2.24) is 4.57 Å². The average molecular weight is 897 g/mol. The highest BCUT2D eigenvalue weighted by molar-refractivity contribution is 6.27. The molecule has 3 heteroatoms. The third-order valence-corrected chi connectivity index (χ3v) is 12.9. The van der Waals surface area contributed by atoms with E-state index in [-0.39, 0.29) is 0 Å². The third kappa shape index (κ3) is 9.29. The van der Waals surface area contributed by atoms with Crippen LogP contribution in [0.1, 0.15) is 57.2 Å². The Kier molecular flexibility index (Phi) is 14.1. The first kappa shape index (κ1) is 46.0. The molecule has 1 aliphatic rings. The minimum atomic E-state index is 0.889. The van der Waals surface area contributed by atoms with Gasteiger partial charge >= 0.3 is 0 Å². The Morgan fingerprint density at radius 2 is 0.942 bits per heavy atom. The van der Waals surface area contributed by atoms with Gasteiger partial charge in [0.05, 0.1) is 16.4 Å². The van der Waals surface area contributed by atoms with Crippen LogP contribution in [0.25, 0.3) is 77.3 Å². The largest absolute Gasteiger partial charge is 0.455 e. The molecule has 0 saturated carbocycles. The van der Waals surface area contributed by atoms with Crippen LogP contribution in [-0.2, 0) is 0 Å². The van der Waals surface area contributed by atoms with E-state index in [2.05, 4.69) is 254 Å². The number of rotatable bonds is 7. The van der Waals surface area contributed by atoms with Crippen molar-refractivity contribution in [3.05, 3.63) is 253 Å². The molecule has 0 fully saturated rings. The van der Waals surface area contributed by atoms with E-state index in [1.54, 1.807) is 0 Å². The number of allylic oxidation sites excluding steroid dienone is 4. The van der Waals surface area contributed by atoms with Crippen molar-refractivity contribution >= 4 is 60.7 Å². The summed E-state index contributed by atoms with van der Waals surface area (Å²) in [7, 11) is 0. The van der Waals surface area contributed by atoms with Crippen LogP contribution in [0.4, 0.5) is 11.4 Å². The Bertz CT molecular complexity index is 3500. The maximum Gasteiger partial charge on any atom is 0.145 e. The lowest BCUT2D eigenvalue weighted by atomic mass is 9.94. The van der Waals surface area contributed by atoms with E-state index in [9.17, 15) is 0 Å². The summed E-state index contributed by atoms with van der Waals surface area (Å²) in [6.07, 6.45) is 6.52. The zero-order chi connectivity index (χ0) is 47.7. The van der Waals surface area contributed by atoms with Crippen molar-refractivity contribution < 1.29 is 4.42 Å². The van der Waals surface area contributed by atoms with Crippen LogP contribution in [0, 0.1) is 13.8 Å². The number of nitrogens with zero attached hydrogens (tertiary/aromatic N) is 2. The van der Waals surface area contributed by atoms with E-state index in [0.717, 1.165) is 63.0 Å². The number of para-hydroxylation sites is 3. The van der Waals surface area contributed by atoms with Gasteiger partial charge in [0.1, 0.15) is 11.2 Å². The summed E-state index contributed by atoms with van der Waals surface area (Å²) in [4.78, 5) is 2.42. The van der Waals surface area contributed by atoms with Crippen molar-refractivity contribution in [3.63, 3.8) is 0 Å². The minimum Gasteiger partial charge on any atom is -0.455 e. The van der Waals surface area contributed by atoms with Gasteiger partial charge in [0, 0.05) is 44.5 Å². The van der Waals surface area contributed by atoms with E-state index in [4.69, 9.17) is 4.42 Å². The van der Waals surface area contributed by atoms with Crippen LogP contribution in [0.15, 0.2) is 241 Å². The SMILES string of the molecule is C1=C(c2ccccc2)CCC(N(c2ccc(-c3ccccc3)cc2)c2ccc(-c3cc4c5ccccc5n(-c5ccccc5)c4c4c3oc3ccccc34)cc2)=C1.CC.CC.Cc1ccccc1C. The van der Waals surface area contributed by atoms with Gasteiger partial charge in [0.15, 0.2) is 0 Å². The first-order chi connectivity index (χ1) is 34.1. The highest BCUT2D eigenvalue weighted by atomic mass is 16.3. The van der Waals surface area contributed by atoms with Gasteiger partial charge < -0.3 is 13.9 Å². The van der Waals surface area contributed by atoms with Crippen molar-refractivity contribution in [1.29, 1.82) is 0 Å². The summed E-state index contributed by atoms with van der Waals surface area (Å²) in [5, 5.41) is 4.68. The fourth-order valence-corrected chi connectivity index (χ4v) is 9.47. The predicted octanol–water partition coefficient (Wildman–Crippen LogP) is 19.3. The average Bonchev–Trinajstić information content (AvgIpc) is 3.98. The maximum absolute atomic E-state index is 6.83. The second kappa shape index (κ2) is 21.2. The molecule has 0 N–H and O–H groups in total. The smallest absolute Gasteiger partial charge is 0.145 e. The van der Waals surface area contributed by atoms with E-state index < -0.39 is 0 Å². The Labute approximate surface area is 407 Å². The predicted molar refractivity (Wildman–Crippen MR) is 298 cm³/mol. The molecule has 0 atom stereocenters. The monoisotopic (exact) mass is 896 g/mol. The summed E-state index contributed by atoms with van der Waals surface area (Å²) >= 11 is 0. The molecule has 0 saturated heterocycles. The first-order valence-electron chi connectivity index (χ1n) is 24.6. The molecular weight excluding hydrogens is 837 g/mol. The van der Waals surface area contributed by atoms with Crippen molar-refractivity contribution in [2.45, 2.75) is 54.4 Å². The standard InChI is InChI=1S/C54H38N2O.C8H10.2C2H6/c1-4-14-37(15-5-1)39-24-30-43(31-25-39)55(44-32-26-40(27-33-44)38-16-6-2-7-17-38)45-34-28-41(29-35-45)48-36-49-46-20-10-12-22-50(46)56(42-18-8-3-9-19-42)53(49)52-47-21-11-13-23-51(47)57-54(48)52;1-7-5-3-4-6-8(7)2;2*1-2/h1-26,28-32,34-36H,27,33H2;3-6H,1-2H3;2*1-2H3. The van der Waals surface area contributed by atoms with Crippen LogP contribution in [0.2, 0.25) is 0 Å². The molecule has 69 heavy (non-hydrogen) atoms. The molecule has 12 rings (SSSR count). The Morgan fingerprint density at radius 3 is 1.54 bits per heavy atom. The molecular formula is C66H60N2O. The maximum atomic E-state index is 6.83. The molecule has 1 aliphatic carbocycles. The van der Waals surface area contributed by atoms with Crippen molar-refractivity contribution in [2.24, 2.45) is 0 Å². The van der Waals surface area contributed by atoms with Gasteiger partial charge in [-0.15, -0.1) is 0 Å². The van der Waals surface area contributed by atoms with Crippen LogP contribution >= 0.6 is 0 Å². The minimum absolute atomic E-state index is 0.889. The van der Waals surface area contributed by atoms with Crippen LogP contribution in [0.3, 0.4) is 0 Å². The second-order valence-corrected chi connectivity index (χ2v) is 16.9. The Balaban J connectivity index is 0.000000442. The topological polar surface area (TPSA) is 21.3 Å². The number of fused-ring (bicyclic) bond motifs is 7. The van der Waals surface area contributed by atoms with Gasteiger partial charge in [-0.2, -0.15) is 0 Å². The second-order valence-electron chi connectivity index (χ2n) is 16.9. The number of hydrogen-bond acceptors (Lipinski definition) is 2. The molecule has 0 radical (unpaired) electrons. The van der Waals surface area contributed by atoms with Crippen LogP contribution < -0.4 is 4.90 Å². The number of aromatic nitrogens is 1. The van der Waals surface area contributed by atoms with Crippen molar-refractivity contribution in [3.8, 4) is 27.9 Å². The van der Waals surface area contributed by atoms with Gasteiger partial charge in [-0.1, -0.05) is 198 Å². The molecule has 2 aromatic heterocycles. The van der Waals surface area contributed by atoms with E-state index in [0.29, 0.717) is 0 Å². The molecule has 9 aromatic carbocycles. The van der Waals surface area contributed by atoms with Gasteiger partial charge in [-0.05, 0) is 126 Å². The molecule has 0 unspecified atom stereocenters. The van der Waals surface area contributed by atoms with Gasteiger partial charge in [-0.25, -0.2) is 0 Å². The first-order valence-corrected chi connectivity index (χ1v) is 24.6. The summed E-state index contributed by atoms with van der Waals surface area (Å²) in [6.45, 7) is 12.2. The number of benzene rings is 9. The molecule has 11 aromatic rings. The third-order valence-electron chi connectivity index (χ3n) is 12.9. The number of anilines is 2. The molecule has 0 amide bonds. The molecule has 340 valence electrons. The molecule has 0 bridgehead atoms. The normalized spacial score (nSPS) is 12.0.